The van der Waals surface area contributed by atoms with Gasteiger partial charge in [-0.05, 0) is 37.5 Å². The summed E-state index contributed by atoms with van der Waals surface area (Å²) in [5, 5.41) is 13.3. The van der Waals surface area contributed by atoms with E-state index in [0.29, 0.717) is 50.7 Å². The zero-order chi connectivity index (χ0) is 18.9. The number of hydrogen-bond acceptors (Lipinski definition) is 5. The van der Waals surface area contributed by atoms with Crippen LogP contribution in [-0.2, 0) is 11.3 Å². The maximum absolute atomic E-state index is 12.9. The monoisotopic (exact) mass is 372 g/mol. The fraction of sp³-hybridized carbons (Fsp3) is 0.526. The summed E-state index contributed by atoms with van der Waals surface area (Å²) in [6, 6.07) is 5.31. The topological polar surface area (TPSA) is 91.8 Å². The highest BCUT2D eigenvalue weighted by atomic mass is 16.4. The maximum atomic E-state index is 12.9. The molecule has 0 bridgehead atoms. The van der Waals surface area contributed by atoms with E-state index in [4.69, 9.17) is 4.42 Å². The minimum absolute atomic E-state index is 0.0319. The van der Waals surface area contributed by atoms with E-state index in [1.807, 2.05) is 12.3 Å². The fourth-order valence-corrected chi connectivity index (χ4v) is 4.20. The van der Waals surface area contributed by atoms with Gasteiger partial charge in [0, 0.05) is 38.6 Å². The molecule has 1 unspecified atom stereocenters. The number of carbonyl (C=O) groups is 2. The van der Waals surface area contributed by atoms with Crippen molar-refractivity contribution in [3.8, 4) is 0 Å². The first kappa shape index (κ1) is 17.8. The third-order valence-electron chi connectivity index (χ3n) is 5.58. The van der Waals surface area contributed by atoms with Crippen molar-refractivity contribution in [1.82, 2.24) is 19.6 Å². The van der Waals surface area contributed by atoms with Crippen molar-refractivity contribution in [3.63, 3.8) is 0 Å². The molecule has 0 radical (unpaired) electrons. The van der Waals surface area contributed by atoms with Gasteiger partial charge in [-0.15, -0.1) is 0 Å². The molecule has 8 nitrogen and oxygen atoms in total. The Morgan fingerprint density at radius 3 is 2.96 bits per heavy atom. The van der Waals surface area contributed by atoms with E-state index in [0.717, 1.165) is 12.8 Å². The summed E-state index contributed by atoms with van der Waals surface area (Å²) in [6.07, 6.45) is 5.89. The van der Waals surface area contributed by atoms with Crippen LogP contribution in [0.1, 0.15) is 35.6 Å². The molecule has 1 atom stereocenters. The van der Waals surface area contributed by atoms with Gasteiger partial charge in [0.1, 0.15) is 5.76 Å². The number of nitrogens with zero attached hydrogens (tertiary/aromatic N) is 4. The largest absolute Gasteiger partial charge is 0.454 e. The molecule has 0 saturated carbocycles. The number of aliphatic hydroxyl groups excluding tert-OH is 1. The number of furan rings is 1. The van der Waals surface area contributed by atoms with E-state index in [2.05, 4.69) is 5.10 Å². The van der Waals surface area contributed by atoms with E-state index in [9.17, 15) is 14.7 Å². The highest BCUT2D eigenvalue weighted by Gasteiger charge is 2.49. The number of carbonyl (C=O) groups excluding carboxylic acids is 2. The van der Waals surface area contributed by atoms with Crippen LogP contribution in [0.3, 0.4) is 0 Å². The van der Waals surface area contributed by atoms with Gasteiger partial charge in [-0.1, -0.05) is 0 Å². The minimum Gasteiger partial charge on any atom is -0.454 e. The quantitative estimate of drug-likeness (QED) is 0.844. The predicted molar refractivity (Wildman–Crippen MR) is 95.9 cm³/mol. The summed E-state index contributed by atoms with van der Waals surface area (Å²) in [5.41, 5.74) is -0.506. The van der Waals surface area contributed by atoms with Gasteiger partial charge in [-0.25, -0.2) is 0 Å². The molecule has 144 valence electrons. The molecule has 4 heterocycles. The highest BCUT2D eigenvalue weighted by Crippen LogP contribution is 2.40. The highest BCUT2D eigenvalue weighted by molar-refractivity contribution is 5.93. The molecule has 2 saturated heterocycles. The van der Waals surface area contributed by atoms with Gasteiger partial charge in [-0.3, -0.25) is 14.3 Å². The number of aliphatic hydroxyl groups is 1. The Labute approximate surface area is 157 Å². The summed E-state index contributed by atoms with van der Waals surface area (Å²) >= 11 is 0. The normalized spacial score (nSPS) is 22.8. The molecule has 2 aliphatic heterocycles. The average Bonchev–Trinajstić information content (AvgIpc) is 3.41. The third-order valence-corrected chi connectivity index (χ3v) is 5.58. The van der Waals surface area contributed by atoms with Crippen molar-refractivity contribution < 1.29 is 19.1 Å². The molecule has 1 spiro atoms. The molecule has 2 aromatic rings. The first-order chi connectivity index (χ1) is 13.1. The molecule has 4 rings (SSSR count). The van der Waals surface area contributed by atoms with Gasteiger partial charge in [0.15, 0.2) is 5.76 Å². The molecule has 1 N–H and O–H groups in total. The van der Waals surface area contributed by atoms with Crippen LogP contribution in [0, 0.1) is 5.41 Å². The number of amides is 2. The zero-order valence-corrected chi connectivity index (χ0v) is 15.2. The number of aromatic nitrogens is 2. The second kappa shape index (κ2) is 7.19. The van der Waals surface area contributed by atoms with Gasteiger partial charge in [0.05, 0.1) is 18.6 Å². The van der Waals surface area contributed by atoms with Gasteiger partial charge in [0.25, 0.3) is 5.91 Å². The Bertz CT molecular complexity index is 814. The number of likely N-dealkylation sites (tertiary alicyclic amines) is 2. The second-order valence-corrected chi connectivity index (χ2v) is 7.35. The lowest BCUT2D eigenvalue weighted by Crippen LogP contribution is -2.51. The van der Waals surface area contributed by atoms with Crippen LogP contribution < -0.4 is 0 Å². The Balaban J connectivity index is 1.43. The Kier molecular flexibility index (Phi) is 4.73. The smallest absolute Gasteiger partial charge is 0.289 e. The molecule has 2 amide bonds. The Morgan fingerprint density at radius 1 is 1.30 bits per heavy atom. The summed E-state index contributed by atoms with van der Waals surface area (Å²) in [7, 11) is 0. The van der Waals surface area contributed by atoms with Crippen molar-refractivity contribution in [3.05, 3.63) is 42.1 Å². The predicted octanol–water partition coefficient (Wildman–Crippen LogP) is 0.971. The van der Waals surface area contributed by atoms with Crippen molar-refractivity contribution in [2.24, 2.45) is 5.41 Å². The van der Waals surface area contributed by atoms with Crippen LogP contribution in [0.15, 0.2) is 35.0 Å². The van der Waals surface area contributed by atoms with Crippen LogP contribution in [0.4, 0.5) is 0 Å². The first-order valence-corrected chi connectivity index (χ1v) is 9.37. The lowest BCUT2D eigenvalue weighted by Gasteiger charge is -2.39. The van der Waals surface area contributed by atoms with Crippen molar-refractivity contribution in [2.45, 2.75) is 25.8 Å². The molecular weight excluding hydrogens is 348 g/mol. The summed E-state index contributed by atoms with van der Waals surface area (Å²) in [5.74, 6) is 0.853. The van der Waals surface area contributed by atoms with Crippen LogP contribution in [0.2, 0.25) is 0 Å². The van der Waals surface area contributed by atoms with Gasteiger partial charge < -0.3 is 19.3 Å². The molecule has 2 fully saturated rings. The summed E-state index contributed by atoms with van der Waals surface area (Å²) < 4.78 is 7.44. The van der Waals surface area contributed by atoms with Gasteiger partial charge >= 0.3 is 0 Å². The van der Waals surface area contributed by atoms with E-state index in [1.165, 1.54) is 0 Å². The molecule has 27 heavy (non-hydrogen) atoms. The Hall–Kier alpha value is -2.61. The van der Waals surface area contributed by atoms with E-state index in [1.54, 1.807) is 32.8 Å². The molecule has 0 aromatic carbocycles. The van der Waals surface area contributed by atoms with Crippen molar-refractivity contribution >= 4 is 11.8 Å². The lowest BCUT2D eigenvalue weighted by molar-refractivity contribution is -0.146. The standard InChI is InChI=1S/C19H24N4O4/c24-12-11-21-8-1-5-19(18(21)26)6-10-22(14-19)17(25)16-4-3-15(27-16)13-23-9-2-7-20-23/h2-4,7,9,24H,1,5-6,8,10-14H2. The van der Waals surface area contributed by atoms with Crippen molar-refractivity contribution in [1.29, 1.82) is 0 Å². The molecule has 2 aromatic heterocycles. The van der Waals surface area contributed by atoms with Gasteiger partial charge in [-0.2, -0.15) is 5.10 Å². The molecular formula is C19H24N4O4. The average molecular weight is 372 g/mol. The molecule has 2 aliphatic rings. The number of piperidine rings is 1. The first-order valence-electron chi connectivity index (χ1n) is 9.37. The van der Waals surface area contributed by atoms with Crippen LogP contribution in [-0.4, -0.2) is 69.3 Å². The van der Waals surface area contributed by atoms with E-state index < -0.39 is 5.41 Å². The summed E-state index contributed by atoms with van der Waals surface area (Å²) in [6.45, 7) is 2.46. The number of rotatable bonds is 5. The summed E-state index contributed by atoms with van der Waals surface area (Å²) in [4.78, 5) is 29.2. The SMILES string of the molecule is O=C(c1ccc(Cn2cccn2)o1)N1CCC2(CCCN(CCO)C2=O)C1. The lowest BCUT2D eigenvalue weighted by atomic mass is 9.78. The van der Waals surface area contributed by atoms with Crippen LogP contribution in [0.25, 0.3) is 0 Å². The second-order valence-electron chi connectivity index (χ2n) is 7.35. The van der Waals surface area contributed by atoms with Crippen LogP contribution in [0.5, 0.6) is 0 Å². The maximum Gasteiger partial charge on any atom is 0.289 e. The Morgan fingerprint density at radius 2 is 2.19 bits per heavy atom. The molecule has 0 aliphatic carbocycles. The number of β-amino-alcohol motifs (C(OH)–C–C–N with tert-alkyl or cyclic N) is 1. The molecule has 8 heteroatoms. The van der Waals surface area contributed by atoms with Crippen molar-refractivity contribution in [2.75, 3.05) is 32.8 Å². The minimum atomic E-state index is -0.506. The van der Waals surface area contributed by atoms with E-state index >= 15 is 0 Å². The van der Waals surface area contributed by atoms with E-state index in [-0.39, 0.29) is 18.4 Å². The number of hydrogen-bond donors (Lipinski definition) is 1. The third kappa shape index (κ3) is 3.37. The van der Waals surface area contributed by atoms with Gasteiger partial charge in [0.2, 0.25) is 5.91 Å². The zero-order valence-electron chi connectivity index (χ0n) is 15.2. The van der Waals surface area contributed by atoms with Crippen LogP contribution >= 0.6 is 0 Å². The fourth-order valence-electron chi connectivity index (χ4n) is 4.20.